The third-order valence-electron chi connectivity index (χ3n) is 4.39. The molecule has 3 amide bonds. The number of β-lactam (4-membered cyclic amide) rings is 1. The molecular weight excluding hydrogens is 578 g/mol. The van der Waals surface area contributed by atoms with Crippen molar-refractivity contribution in [3.05, 3.63) is 11.1 Å². The molecule has 0 radical (unpaired) electrons. The Bertz CT molecular complexity index is 1140. The number of rotatable bonds is 12. The van der Waals surface area contributed by atoms with Crippen LogP contribution in [0.15, 0.2) is 5.38 Å². The van der Waals surface area contributed by atoms with E-state index in [2.05, 4.69) is 20.4 Å². The van der Waals surface area contributed by atoms with Crippen molar-refractivity contribution in [2.24, 2.45) is 0 Å². The molecule has 0 aromatic carbocycles. The number of carbonyl (C=O) groups excluding carboxylic acids is 4. The van der Waals surface area contributed by atoms with Crippen molar-refractivity contribution in [2.75, 3.05) is 31.5 Å². The predicted molar refractivity (Wildman–Crippen MR) is 119 cm³/mol. The zero-order chi connectivity index (χ0) is 26.6. The zero-order valence-corrected chi connectivity index (χ0v) is 24.7. The molecule has 1 fully saturated rings. The zero-order valence-electron chi connectivity index (χ0n) is 19.5. The van der Waals surface area contributed by atoms with Crippen molar-refractivity contribution >= 4 is 69.7 Å². The number of anilines is 1. The fourth-order valence-electron chi connectivity index (χ4n) is 3.05. The van der Waals surface area contributed by atoms with E-state index in [0.717, 1.165) is 18.4 Å². The van der Waals surface area contributed by atoms with Gasteiger partial charge < -0.3 is 29.0 Å². The number of hydrogen-bond acceptors (Lipinski definition) is 13. The Hall–Kier alpha value is -1.14. The quantitative estimate of drug-likeness (QED) is 0.0614. The van der Waals surface area contributed by atoms with Crippen LogP contribution in [0.3, 0.4) is 0 Å². The smallest absolute Gasteiger partial charge is 0.731 e. The summed E-state index contributed by atoms with van der Waals surface area (Å²) in [4.78, 5) is 53.2. The van der Waals surface area contributed by atoms with Gasteiger partial charge >= 0.3 is 43.1 Å². The maximum atomic E-state index is 13.5. The molecule has 2 N–H and O–H groups in total. The maximum Gasteiger partial charge on any atom is 1.00 e. The van der Waals surface area contributed by atoms with E-state index in [4.69, 9.17) is 20.6 Å². The molecule has 36 heavy (non-hydrogen) atoms. The topological polar surface area (TPSA) is 210 Å². The van der Waals surface area contributed by atoms with Gasteiger partial charge in [0.05, 0.1) is 26.0 Å². The van der Waals surface area contributed by atoms with Crippen LogP contribution in [0.5, 0.6) is 0 Å². The number of nitrogens with zero attached hydrogens (tertiary/aromatic N) is 2. The molecule has 15 nitrogen and oxygen atoms in total. The number of aromatic nitrogens is 1. The first-order valence-electron chi connectivity index (χ1n) is 9.71. The van der Waals surface area contributed by atoms with E-state index in [-0.39, 0.29) is 63.8 Å². The molecule has 0 aliphatic carbocycles. The maximum absolute atomic E-state index is 13.5. The molecule has 2 heterocycles. The number of esters is 1. The minimum absolute atomic E-state index is 0. The van der Waals surface area contributed by atoms with Gasteiger partial charge in [-0.15, -0.1) is 22.9 Å². The van der Waals surface area contributed by atoms with Gasteiger partial charge in [-0.25, -0.2) is 22.5 Å². The van der Waals surface area contributed by atoms with Gasteiger partial charge in [0.25, 0.3) is 5.91 Å². The van der Waals surface area contributed by atoms with E-state index >= 15 is 0 Å². The second-order valence-electron chi connectivity index (χ2n) is 6.58. The van der Waals surface area contributed by atoms with Crippen molar-refractivity contribution in [2.45, 2.75) is 31.6 Å². The fourth-order valence-corrected chi connectivity index (χ4v) is 6.70. The van der Waals surface area contributed by atoms with Crippen LogP contribution in [0, 0.1) is 0 Å². The summed E-state index contributed by atoms with van der Waals surface area (Å²) in [5.41, 5.74) is -1.98. The summed E-state index contributed by atoms with van der Waals surface area (Å²) in [6, 6.07) is -3.81. The van der Waals surface area contributed by atoms with E-state index in [0.29, 0.717) is 0 Å². The van der Waals surface area contributed by atoms with E-state index in [9.17, 15) is 36.7 Å². The number of thiazole rings is 1. The van der Waals surface area contributed by atoms with E-state index in [1.54, 1.807) is 0 Å². The van der Waals surface area contributed by atoms with Crippen LogP contribution in [-0.4, -0.2) is 84.2 Å². The first-order chi connectivity index (χ1) is 16.3. The second kappa shape index (κ2) is 13.6. The first kappa shape index (κ1) is 32.9. The Labute approximate surface area is 237 Å². The number of carbonyl (C=O) groups is 4. The van der Waals surface area contributed by atoms with Gasteiger partial charge in [0.2, 0.25) is 11.8 Å². The summed E-state index contributed by atoms with van der Waals surface area (Å²) in [5, 5.41) is 5.73. The summed E-state index contributed by atoms with van der Waals surface area (Å²) in [5.74, 6) is -4.87. The molecule has 1 aliphatic rings. The Morgan fingerprint density at radius 3 is 2.36 bits per heavy atom. The van der Waals surface area contributed by atoms with Gasteiger partial charge in [-0.1, -0.05) is 0 Å². The number of alkyl halides is 1. The molecule has 3 atom stereocenters. The molecule has 1 saturated heterocycles. The summed E-state index contributed by atoms with van der Waals surface area (Å²) in [6.07, 6.45) is 0. The number of nitrogens with one attached hydrogen (secondary N) is 2. The van der Waals surface area contributed by atoms with Gasteiger partial charge in [0.15, 0.2) is 27.1 Å². The van der Waals surface area contributed by atoms with Gasteiger partial charge in [0.1, 0.15) is 11.9 Å². The van der Waals surface area contributed by atoms with Gasteiger partial charge in [0, 0.05) is 5.38 Å². The molecule has 0 saturated carbocycles. The minimum atomic E-state index is -5.40. The standard InChI is InChI=1S/C16H22ClN4O11PS2.Na/c1-4-31-33(26,32-5-2)12(8-7-34-16(18-8)19-9(22)6-17)13(23)20-10-11(15(25)30-3)21(14(10)24)35(27,28)29;/h7,10-12H,4-6H2,1-3H3,(H,20,23)(H,18,19,22)(H,27,28,29);/q;+1/p-1/t10-,11-,12?;/m0./s1. The van der Waals surface area contributed by atoms with Crippen molar-refractivity contribution < 1.29 is 80.1 Å². The van der Waals surface area contributed by atoms with Crippen LogP contribution in [0.1, 0.15) is 25.2 Å². The average molecular weight is 599 g/mol. The first-order valence-corrected chi connectivity index (χ1v) is 14.1. The number of ether oxygens (including phenoxy) is 1. The Morgan fingerprint density at radius 1 is 1.31 bits per heavy atom. The third kappa shape index (κ3) is 7.24. The molecule has 1 aromatic rings. The second-order valence-corrected chi connectivity index (χ2v) is 11.1. The fraction of sp³-hybridized carbons (Fsp3) is 0.562. The monoisotopic (exact) mass is 598 g/mol. The normalized spacial score (nSPS) is 18.5. The Morgan fingerprint density at radius 2 is 1.89 bits per heavy atom. The molecule has 20 heteroatoms. The van der Waals surface area contributed by atoms with Crippen LogP contribution >= 0.6 is 30.5 Å². The van der Waals surface area contributed by atoms with E-state index in [1.807, 2.05) is 0 Å². The largest absolute Gasteiger partial charge is 1.00 e. The molecule has 2 rings (SSSR count). The number of amides is 3. The molecular formula is C16H21ClN4NaO11PS2. The predicted octanol–water partition coefficient (Wildman–Crippen LogP) is -3.04. The van der Waals surface area contributed by atoms with E-state index < -0.39 is 59.3 Å². The summed E-state index contributed by atoms with van der Waals surface area (Å²) in [7, 11) is -8.84. The summed E-state index contributed by atoms with van der Waals surface area (Å²) < 4.78 is 62.3. The van der Waals surface area contributed by atoms with E-state index in [1.165, 1.54) is 19.2 Å². The molecule has 1 aromatic heterocycles. The van der Waals surface area contributed by atoms with Crippen molar-refractivity contribution in [3.8, 4) is 0 Å². The minimum Gasteiger partial charge on any atom is -0.731 e. The number of halogens is 1. The molecule has 0 spiro atoms. The van der Waals surface area contributed by atoms with Crippen LogP contribution in [0.25, 0.3) is 0 Å². The molecule has 1 aliphatic heterocycles. The van der Waals surface area contributed by atoms with Crippen molar-refractivity contribution in [1.82, 2.24) is 14.6 Å². The van der Waals surface area contributed by atoms with Gasteiger partial charge in [-0.3, -0.25) is 18.9 Å². The Kier molecular flexibility index (Phi) is 12.4. The number of hydrogen-bond donors (Lipinski definition) is 2. The van der Waals surface area contributed by atoms with Crippen LogP contribution in [-0.2, 0) is 47.8 Å². The van der Waals surface area contributed by atoms with Crippen LogP contribution < -0.4 is 40.2 Å². The Balaban J connectivity index is 0.00000648. The van der Waals surface area contributed by atoms with Gasteiger partial charge in [-0.2, -0.15) is 0 Å². The summed E-state index contributed by atoms with van der Waals surface area (Å²) >= 11 is 6.30. The van der Waals surface area contributed by atoms with Gasteiger partial charge in [-0.05, 0) is 13.8 Å². The molecule has 0 bridgehead atoms. The SMILES string of the molecule is CCOP(=O)(OCC)C(C(=O)N[C@@H]1C(=O)N(S(=O)(=O)[O-])[C@@H]1C(=O)OC)c1csc(NC(=O)CCl)n1.[Na+]. The molecule has 196 valence electrons. The van der Waals surface area contributed by atoms with Crippen molar-refractivity contribution in [3.63, 3.8) is 0 Å². The van der Waals surface area contributed by atoms with Crippen molar-refractivity contribution in [1.29, 1.82) is 0 Å². The van der Waals surface area contributed by atoms with Crippen LogP contribution in [0.4, 0.5) is 5.13 Å². The third-order valence-corrected chi connectivity index (χ3v) is 8.66. The average Bonchev–Trinajstić information content (AvgIpc) is 3.21. The summed E-state index contributed by atoms with van der Waals surface area (Å²) in [6.45, 7) is 2.65. The molecule has 1 unspecified atom stereocenters. The number of methoxy groups -OCH3 is 1. The van der Waals surface area contributed by atoms with Crippen LogP contribution in [0.2, 0.25) is 0 Å².